The highest BCUT2D eigenvalue weighted by Crippen LogP contribution is 2.35. The van der Waals surface area contributed by atoms with Crippen LogP contribution in [0.1, 0.15) is 11.3 Å². The quantitative estimate of drug-likeness (QED) is 0.628. The molecule has 106 valence electrons. The van der Waals surface area contributed by atoms with Gasteiger partial charge in [0.2, 0.25) is 0 Å². The number of rotatable bonds is 2. The number of halogens is 1. The average Bonchev–Trinajstić information content (AvgIpc) is 2.95. The number of nitrogens with two attached hydrogens (primary N) is 1. The Balaban J connectivity index is 2.03. The van der Waals surface area contributed by atoms with Crippen molar-refractivity contribution in [3.05, 3.63) is 46.2 Å². The highest BCUT2D eigenvalue weighted by molar-refractivity contribution is 9.10. The van der Waals surface area contributed by atoms with Crippen LogP contribution in [0, 0.1) is 0 Å². The molecule has 1 aromatic carbocycles. The van der Waals surface area contributed by atoms with Gasteiger partial charge < -0.3 is 21.4 Å². The molecule has 0 saturated carbocycles. The van der Waals surface area contributed by atoms with Crippen molar-refractivity contribution in [1.29, 1.82) is 0 Å². The van der Waals surface area contributed by atoms with Crippen LogP contribution < -0.4 is 16.4 Å². The van der Waals surface area contributed by atoms with Crippen LogP contribution in [0.25, 0.3) is 11.6 Å². The highest BCUT2D eigenvalue weighted by Gasteiger charge is 2.24. The van der Waals surface area contributed by atoms with Crippen molar-refractivity contribution in [2.45, 2.75) is 0 Å². The van der Waals surface area contributed by atoms with Crippen LogP contribution in [0.5, 0.6) is 0 Å². The minimum absolute atomic E-state index is 0.188. The van der Waals surface area contributed by atoms with Gasteiger partial charge in [0.15, 0.2) is 0 Å². The molecule has 0 spiro atoms. The molecule has 0 radical (unpaired) electrons. The van der Waals surface area contributed by atoms with Crippen LogP contribution in [0.3, 0.4) is 0 Å². The number of H-pyrrole nitrogens is 1. The number of aromatic nitrogens is 1. The Morgan fingerprint density at radius 1 is 1.33 bits per heavy atom. The zero-order chi connectivity index (χ0) is 15.0. The second-order valence-corrected chi connectivity index (χ2v) is 5.45. The predicted octanol–water partition coefficient (Wildman–Crippen LogP) is 2.76. The lowest BCUT2D eigenvalue weighted by Crippen LogP contribution is -2.19. The summed E-state index contributed by atoms with van der Waals surface area (Å²) in [4.78, 5) is 26.0. The van der Waals surface area contributed by atoms with Gasteiger partial charge in [-0.05, 0) is 46.3 Å². The molecule has 0 fully saturated rings. The fraction of sp³-hybridized carbons (Fsp3) is 0. The Kier molecular flexibility index (Phi) is 3.26. The maximum absolute atomic E-state index is 12.1. The topological polar surface area (TPSA) is 100 Å². The number of hydrogen-bond donors (Lipinski definition) is 4. The van der Waals surface area contributed by atoms with Crippen LogP contribution >= 0.6 is 15.9 Å². The molecule has 1 aromatic heterocycles. The summed E-state index contributed by atoms with van der Waals surface area (Å²) in [5, 5.41) is 5.27. The number of carbonyl (C=O) groups is 2. The molecule has 0 unspecified atom stereocenters. The maximum Gasteiger partial charge on any atom is 0.316 e. The first-order valence-electron chi connectivity index (χ1n) is 6.11. The van der Waals surface area contributed by atoms with E-state index in [9.17, 15) is 9.59 Å². The molecule has 2 aromatic rings. The summed E-state index contributed by atoms with van der Waals surface area (Å²) in [6.07, 6.45) is 3.53. The minimum atomic E-state index is -0.647. The first-order valence-corrected chi connectivity index (χ1v) is 6.90. The number of aromatic amines is 1. The van der Waals surface area contributed by atoms with Crippen LogP contribution in [-0.4, -0.2) is 16.9 Å². The molecule has 0 saturated heterocycles. The third-order valence-electron chi connectivity index (χ3n) is 3.04. The standard InChI is InChI=1S/C14H11BrN4O2/c15-7-3-9(17-6-7)5-11-10-4-8(18-14(16)21)1-2-12(10)19-13(11)20/h1-6,17H,(H,19,20)(H3,16,18,21). The third-order valence-corrected chi connectivity index (χ3v) is 3.50. The number of hydrogen-bond acceptors (Lipinski definition) is 2. The summed E-state index contributed by atoms with van der Waals surface area (Å²) >= 11 is 3.34. The number of nitrogens with one attached hydrogen (secondary N) is 3. The van der Waals surface area contributed by atoms with Gasteiger partial charge in [0.05, 0.1) is 5.57 Å². The van der Waals surface area contributed by atoms with Gasteiger partial charge in [0.25, 0.3) is 5.91 Å². The molecule has 0 bridgehead atoms. The Morgan fingerprint density at radius 2 is 2.14 bits per heavy atom. The number of fused-ring (bicyclic) bond motifs is 1. The molecule has 5 N–H and O–H groups in total. The van der Waals surface area contributed by atoms with Crippen LogP contribution in [0.2, 0.25) is 0 Å². The SMILES string of the molecule is NC(=O)Nc1ccc2c(c1)C(=Cc1cc(Br)c[nH]1)C(=O)N2. The van der Waals surface area contributed by atoms with Gasteiger partial charge in [-0.2, -0.15) is 0 Å². The molecule has 0 atom stereocenters. The summed E-state index contributed by atoms with van der Waals surface area (Å²) in [7, 11) is 0. The van der Waals surface area contributed by atoms with E-state index in [0.29, 0.717) is 16.9 Å². The lowest BCUT2D eigenvalue weighted by molar-refractivity contribution is -0.110. The summed E-state index contributed by atoms with van der Waals surface area (Å²) in [5.41, 5.74) is 8.38. The molecule has 0 aliphatic carbocycles. The molecule has 1 aliphatic heterocycles. The van der Waals surface area contributed by atoms with Crippen molar-refractivity contribution < 1.29 is 9.59 Å². The number of amides is 3. The van der Waals surface area contributed by atoms with Crippen molar-refractivity contribution in [2.75, 3.05) is 10.6 Å². The zero-order valence-electron chi connectivity index (χ0n) is 10.7. The van der Waals surface area contributed by atoms with E-state index in [1.54, 1.807) is 30.5 Å². The molecule has 6 nitrogen and oxygen atoms in total. The van der Waals surface area contributed by atoms with Gasteiger partial charge in [-0.25, -0.2) is 4.79 Å². The number of benzene rings is 1. The molecule has 1 aliphatic rings. The van der Waals surface area contributed by atoms with Crippen molar-refractivity contribution in [3.63, 3.8) is 0 Å². The van der Waals surface area contributed by atoms with Crippen molar-refractivity contribution in [2.24, 2.45) is 5.73 Å². The normalized spacial score (nSPS) is 14.9. The molecule has 7 heteroatoms. The van der Waals surface area contributed by atoms with Gasteiger partial charge in [0, 0.05) is 33.3 Å². The smallest absolute Gasteiger partial charge is 0.316 e. The first kappa shape index (κ1) is 13.4. The van der Waals surface area contributed by atoms with Gasteiger partial charge in [0.1, 0.15) is 0 Å². The molecular weight excluding hydrogens is 336 g/mol. The van der Waals surface area contributed by atoms with E-state index >= 15 is 0 Å². The lowest BCUT2D eigenvalue weighted by Gasteiger charge is -2.04. The monoisotopic (exact) mass is 346 g/mol. The Morgan fingerprint density at radius 3 is 2.81 bits per heavy atom. The molecule has 21 heavy (non-hydrogen) atoms. The van der Waals surface area contributed by atoms with Gasteiger partial charge in [-0.1, -0.05) is 0 Å². The third kappa shape index (κ3) is 2.68. The average molecular weight is 347 g/mol. The highest BCUT2D eigenvalue weighted by atomic mass is 79.9. The van der Waals surface area contributed by atoms with E-state index in [1.165, 1.54) is 0 Å². The maximum atomic E-state index is 12.1. The molecular formula is C14H11BrN4O2. The minimum Gasteiger partial charge on any atom is -0.361 e. The van der Waals surface area contributed by atoms with Crippen molar-refractivity contribution >= 4 is 50.9 Å². The molecule has 3 rings (SSSR count). The van der Waals surface area contributed by atoms with E-state index in [0.717, 1.165) is 15.7 Å². The second-order valence-electron chi connectivity index (χ2n) is 4.53. The number of anilines is 2. The van der Waals surface area contributed by atoms with Gasteiger partial charge in [-0.15, -0.1) is 0 Å². The number of carbonyl (C=O) groups excluding carboxylic acids is 2. The summed E-state index contributed by atoms with van der Waals surface area (Å²) < 4.78 is 0.900. The van der Waals surface area contributed by atoms with E-state index in [4.69, 9.17) is 5.73 Å². The summed E-state index contributed by atoms with van der Waals surface area (Å²) in [5.74, 6) is -0.188. The second kappa shape index (κ2) is 5.10. The lowest BCUT2D eigenvalue weighted by atomic mass is 10.1. The van der Waals surface area contributed by atoms with E-state index in [2.05, 4.69) is 31.5 Å². The Labute approximate surface area is 128 Å². The van der Waals surface area contributed by atoms with E-state index in [1.807, 2.05) is 6.07 Å². The van der Waals surface area contributed by atoms with Gasteiger partial charge in [-0.3, -0.25) is 4.79 Å². The van der Waals surface area contributed by atoms with E-state index < -0.39 is 6.03 Å². The molecule has 3 amide bonds. The van der Waals surface area contributed by atoms with Gasteiger partial charge >= 0.3 is 6.03 Å². The Bertz CT molecular complexity index is 779. The van der Waals surface area contributed by atoms with E-state index in [-0.39, 0.29) is 5.91 Å². The van der Waals surface area contributed by atoms with Crippen molar-refractivity contribution in [1.82, 2.24) is 4.98 Å². The van der Waals surface area contributed by atoms with Crippen LogP contribution in [0.4, 0.5) is 16.2 Å². The zero-order valence-corrected chi connectivity index (χ0v) is 12.3. The fourth-order valence-corrected chi connectivity index (χ4v) is 2.54. The summed E-state index contributed by atoms with van der Waals surface area (Å²) in [6, 6.07) is 6.33. The van der Waals surface area contributed by atoms with Crippen LogP contribution in [-0.2, 0) is 4.79 Å². The summed E-state index contributed by atoms with van der Waals surface area (Å²) in [6.45, 7) is 0. The largest absolute Gasteiger partial charge is 0.361 e. The van der Waals surface area contributed by atoms with Crippen LogP contribution in [0.15, 0.2) is 34.9 Å². The fourth-order valence-electron chi connectivity index (χ4n) is 2.17. The Hall–Kier alpha value is -2.54. The number of primary amides is 1. The molecule has 2 heterocycles. The van der Waals surface area contributed by atoms with Crippen molar-refractivity contribution in [3.8, 4) is 0 Å². The number of urea groups is 1. The first-order chi connectivity index (χ1) is 10.0. The predicted molar refractivity (Wildman–Crippen MR) is 84.6 cm³/mol.